The first-order valence-corrected chi connectivity index (χ1v) is 9.37. The van der Waals surface area contributed by atoms with E-state index >= 15 is 0 Å². The number of aliphatic imine (C=N–C) groups is 1. The van der Waals surface area contributed by atoms with Crippen LogP contribution in [-0.4, -0.2) is 35.2 Å². The molecule has 0 aliphatic carbocycles. The Morgan fingerprint density at radius 2 is 1.96 bits per heavy atom. The molecule has 0 bridgehead atoms. The Bertz CT molecular complexity index is 746. The Morgan fingerprint density at radius 1 is 1.19 bits per heavy atom. The van der Waals surface area contributed by atoms with Crippen molar-refractivity contribution in [1.82, 2.24) is 15.6 Å². The van der Waals surface area contributed by atoms with Gasteiger partial charge in [-0.25, -0.2) is 4.99 Å². The Hall–Kier alpha value is -2.60. The summed E-state index contributed by atoms with van der Waals surface area (Å²) in [4.78, 5) is 9.00. The lowest BCUT2D eigenvalue weighted by Crippen LogP contribution is -2.39. The zero-order valence-corrected chi connectivity index (χ0v) is 16.6. The van der Waals surface area contributed by atoms with Crippen molar-refractivity contribution in [3.8, 4) is 5.75 Å². The van der Waals surface area contributed by atoms with Crippen LogP contribution in [0.25, 0.3) is 0 Å². The molecule has 0 aliphatic rings. The summed E-state index contributed by atoms with van der Waals surface area (Å²) in [6, 6.07) is 13.4. The highest BCUT2D eigenvalue weighted by atomic mass is 16.5. The number of hydrogen-bond donors (Lipinski definition) is 3. The second-order valence-corrected chi connectivity index (χ2v) is 6.60. The normalized spacial score (nSPS) is 12.7. The van der Waals surface area contributed by atoms with Crippen molar-refractivity contribution < 1.29 is 9.84 Å². The molecule has 0 spiro atoms. The lowest BCUT2D eigenvalue weighted by molar-refractivity contribution is 0.179. The third-order valence-corrected chi connectivity index (χ3v) is 3.77. The molecule has 0 saturated heterocycles. The first-order chi connectivity index (χ1) is 13.0. The molecular formula is C21H30N4O2. The van der Waals surface area contributed by atoms with Crippen molar-refractivity contribution >= 4 is 5.96 Å². The molecule has 1 aromatic carbocycles. The van der Waals surface area contributed by atoms with Gasteiger partial charge >= 0.3 is 0 Å². The average Bonchev–Trinajstić information content (AvgIpc) is 2.63. The summed E-state index contributed by atoms with van der Waals surface area (Å²) in [6.45, 7) is 9.49. The highest BCUT2D eigenvalue weighted by Gasteiger charge is 2.10. The standard InChI is InChI=1S/C21H30N4O2/c1-5-22-21(23-13-18-10-6-8-16(4)25-18)24-14-20(26)17-9-7-11-19(12-17)27-15(2)3/h6-12,15,20,26H,5,13-14H2,1-4H3,(H2,22,23,24). The largest absolute Gasteiger partial charge is 0.491 e. The number of nitrogens with one attached hydrogen (secondary N) is 2. The van der Waals surface area contributed by atoms with Crippen molar-refractivity contribution in [2.45, 2.75) is 46.4 Å². The second-order valence-electron chi connectivity index (χ2n) is 6.60. The monoisotopic (exact) mass is 370 g/mol. The van der Waals surface area contributed by atoms with E-state index in [1.807, 2.05) is 70.2 Å². The van der Waals surface area contributed by atoms with Crippen LogP contribution in [0.5, 0.6) is 5.75 Å². The van der Waals surface area contributed by atoms with Gasteiger partial charge in [0.25, 0.3) is 0 Å². The average molecular weight is 370 g/mol. The van der Waals surface area contributed by atoms with Gasteiger partial charge in [-0.05, 0) is 57.5 Å². The van der Waals surface area contributed by atoms with Gasteiger partial charge in [0.1, 0.15) is 5.75 Å². The number of aryl methyl sites for hydroxylation is 1. The molecule has 2 aromatic rings. The molecule has 146 valence electrons. The van der Waals surface area contributed by atoms with Crippen molar-refractivity contribution in [3.63, 3.8) is 0 Å². The van der Waals surface area contributed by atoms with Crippen LogP contribution >= 0.6 is 0 Å². The van der Waals surface area contributed by atoms with E-state index in [1.54, 1.807) is 0 Å². The van der Waals surface area contributed by atoms with E-state index in [-0.39, 0.29) is 6.10 Å². The summed E-state index contributed by atoms with van der Waals surface area (Å²) in [5.74, 6) is 1.40. The van der Waals surface area contributed by atoms with Gasteiger partial charge in [-0.2, -0.15) is 0 Å². The second kappa shape index (κ2) is 10.5. The third-order valence-electron chi connectivity index (χ3n) is 3.77. The summed E-state index contributed by atoms with van der Waals surface area (Å²) in [5, 5.41) is 16.9. The molecule has 1 heterocycles. The molecule has 1 atom stereocenters. The molecule has 0 fully saturated rings. The predicted octanol–water partition coefficient (Wildman–Crippen LogP) is 2.97. The minimum Gasteiger partial charge on any atom is -0.491 e. The van der Waals surface area contributed by atoms with Crippen LogP contribution in [0.2, 0.25) is 0 Å². The number of aliphatic hydroxyl groups excluding tert-OH is 1. The fraction of sp³-hybridized carbons (Fsp3) is 0.429. The number of aromatic nitrogens is 1. The summed E-state index contributed by atoms with van der Waals surface area (Å²) < 4.78 is 5.69. The number of rotatable bonds is 8. The fourth-order valence-corrected chi connectivity index (χ4v) is 2.57. The van der Waals surface area contributed by atoms with Gasteiger partial charge in [0.15, 0.2) is 5.96 Å². The van der Waals surface area contributed by atoms with E-state index in [2.05, 4.69) is 20.6 Å². The van der Waals surface area contributed by atoms with Gasteiger partial charge in [0.05, 0.1) is 24.4 Å². The zero-order valence-electron chi connectivity index (χ0n) is 16.6. The summed E-state index contributed by atoms with van der Waals surface area (Å²) in [6.07, 6.45) is -0.570. The number of ether oxygens (including phenoxy) is 1. The van der Waals surface area contributed by atoms with Gasteiger partial charge in [0.2, 0.25) is 0 Å². The van der Waals surface area contributed by atoms with Crippen LogP contribution in [0.3, 0.4) is 0 Å². The van der Waals surface area contributed by atoms with Crippen LogP contribution in [0.1, 0.15) is 43.8 Å². The summed E-state index contributed by atoms with van der Waals surface area (Å²) >= 11 is 0. The number of aliphatic hydroxyl groups is 1. The van der Waals surface area contributed by atoms with E-state index in [4.69, 9.17) is 4.74 Å². The minimum absolute atomic E-state index is 0.0956. The highest BCUT2D eigenvalue weighted by molar-refractivity contribution is 5.79. The molecule has 0 radical (unpaired) electrons. The fourth-order valence-electron chi connectivity index (χ4n) is 2.57. The van der Waals surface area contributed by atoms with Gasteiger partial charge in [-0.15, -0.1) is 0 Å². The quantitative estimate of drug-likeness (QED) is 0.492. The third kappa shape index (κ3) is 7.27. The lowest BCUT2D eigenvalue weighted by atomic mass is 10.1. The molecule has 27 heavy (non-hydrogen) atoms. The number of guanidine groups is 1. The van der Waals surface area contributed by atoms with Crippen LogP contribution in [0.4, 0.5) is 0 Å². The number of nitrogens with zero attached hydrogens (tertiary/aromatic N) is 2. The van der Waals surface area contributed by atoms with E-state index in [0.717, 1.165) is 29.2 Å². The van der Waals surface area contributed by atoms with Crippen LogP contribution in [0, 0.1) is 6.92 Å². The smallest absolute Gasteiger partial charge is 0.191 e. The molecule has 1 aromatic heterocycles. The summed E-state index contributed by atoms with van der Waals surface area (Å²) in [5.41, 5.74) is 2.68. The molecule has 6 nitrogen and oxygen atoms in total. The van der Waals surface area contributed by atoms with E-state index in [9.17, 15) is 5.11 Å². The molecule has 0 aliphatic heterocycles. The Morgan fingerprint density at radius 3 is 2.67 bits per heavy atom. The van der Waals surface area contributed by atoms with Gasteiger partial charge < -0.3 is 20.5 Å². The van der Waals surface area contributed by atoms with Crippen LogP contribution in [0.15, 0.2) is 47.5 Å². The highest BCUT2D eigenvalue weighted by Crippen LogP contribution is 2.19. The van der Waals surface area contributed by atoms with Crippen molar-refractivity contribution in [2.75, 3.05) is 13.1 Å². The lowest BCUT2D eigenvalue weighted by Gasteiger charge is -2.17. The van der Waals surface area contributed by atoms with Gasteiger partial charge in [-0.3, -0.25) is 4.98 Å². The van der Waals surface area contributed by atoms with Crippen molar-refractivity contribution in [1.29, 1.82) is 0 Å². The topological polar surface area (TPSA) is 78.8 Å². The molecule has 6 heteroatoms. The first-order valence-electron chi connectivity index (χ1n) is 9.37. The number of pyridine rings is 1. The van der Waals surface area contributed by atoms with Gasteiger partial charge in [0, 0.05) is 18.8 Å². The maximum atomic E-state index is 10.5. The number of hydrogen-bond acceptors (Lipinski definition) is 4. The van der Waals surface area contributed by atoms with Crippen LogP contribution in [-0.2, 0) is 6.54 Å². The first kappa shape index (κ1) is 20.7. The molecular weight excluding hydrogens is 340 g/mol. The van der Waals surface area contributed by atoms with Crippen molar-refractivity contribution in [3.05, 3.63) is 59.4 Å². The van der Waals surface area contributed by atoms with E-state index in [0.29, 0.717) is 19.0 Å². The maximum Gasteiger partial charge on any atom is 0.191 e. The van der Waals surface area contributed by atoms with Gasteiger partial charge in [-0.1, -0.05) is 18.2 Å². The molecule has 0 amide bonds. The Labute approximate surface area is 161 Å². The zero-order chi connectivity index (χ0) is 19.6. The SMILES string of the molecule is CCNC(=NCc1cccc(C)n1)NCC(O)c1cccc(OC(C)C)c1. The Balaban J connectivity index is 1.97. The van der Waals surface area contributed by atoms with E-state index < -0.39 is 6.10 Å². The molecule has 1 unspecified atom stereocenters. The van der Waals surface area contributed by atoms with E-state index in [1.165, 1.54) is 0 Å². The summed E-state index contributed by atoms with van der Waals surface area (Å²) in [7, 11) is 0. The molecule has 2 rings (SSSR count). The molecule has 3 N–H and O–H groups in total. The maximum absolute atomic E-state index is 10.5. The predicted molar refractivity (Wildman–Crippen MR) is 109 cm³/mol. The Kier molecular flexibility index (Phi) is 8.07. The number of benzene rings is 1. The van der Waals surface area contributed by atoms with Crippen molar-refractivity contribution in [2.24, 2.45) is 4.99 Å². The molecule has 0 saturated carbocycles. The minimum atomic E-state index is -0.665. The van der Waals surface area contributed by atoms with Crippen LogP contribution < -0.4 is 15.4 Å².